The fourth-order valence-electron chi connectivity index (χ4n) is 2.14. The first-order chi connectivity index (χ1) is 8.81. The van der Waals surface area contributed by atoms with Crippen LogP contribution in [0.5, 0.6) is 0 Å². The largest absolute Gasteiger partial charge is 0.316 e. The summed E-state index contributed by atoms with van der Waals surface area (Å²) in [6.07, 6.45) is 3.36. The van der Waals surface area contributed by atoms with Crippen molar-refractivity contribution in [3.63, 3.8) is 0 Å². The molecule has 1 nitrogen and oxygen atoms in total. The third-order valence-corrected chi connectivity index (χ3v) is 4.50. The van der Waals surface area contributed by atoms with Gasteiger partial charge in [0.2, 0.25) is 0 Å². The second-order valence-corrected chi connectivity index (χ2v) is 5.85. The van der Waals surface area contributed by atoms with Crippen molar-refractivity contribution in [2.75, 3.05) is 7.05 Å². The van der Waals surface area contributed by atoms with E-state index >= 15 is 0 Å². The number of thiophene rings is 1. The lowest BCUT2D eigenvalue weighted by Gasteiger charge is -2.15. The van der Waals surface area contributed by atoms with Gasteiger partial charge in [-0.3, -0.25) is 0 Å². The standard InChI is InChI=1S/C16H21NS/c1-3-15-9-10-16(18-15)12-14(17-2)11-13-7-5-4-6-8-13/h4-10,14,17H,3,11-12H2,1-2H3. The van der Waals surface area contributed by atoms with Crippen LogP contribution in [0.4, 0.5) is 0 Å². The molecule has 1 aromatic carbocycles. The second-order valence-electron chi connectivity index (χ2n) is 4.60. The van der Waals surface area contributed by atoms with Crippen molar-refractivity contribution in [3.05, 3.63) is 57.8 Å². The van der Waals surface area contributed by atoms with Gasteiger partial charge in [-0.15, -0.1) is 11.3 Å². The molecule has 1 unspecified atom stereocenters. The predicted octanol–water partition coefficient (Wildman–Crippen LogP) is 3.68. The number of hydrogen-bond donors (Lipinski definition) is 1. The van der Waals surface area contributed by atoms with Crippen molar-refractivity contribution in [1.82, 2.24) is 5.32 Å². The van der Waals surface area contributed by atoms with E-state index in [0.717, 1.165) is 19.3 Å². The Hall–Kier alpha value is -1.12. The minimum absolute atomic E-state index is 0.524. The maximum absolute atomic E-state index is 3.43. The molecule has 18 heavy (non-hydrogen) atoms. The molecule has 2 aromatic rings. The summed E-state index contributed by atoms with van der Waals surface area (Å²) in [6.45, 7) is 2.22. The van der Waals surface area contributed by atoms with Gasteiger partial charge in [0.25, 0.3) is 0 Å². The van der Waals surface area contributed by atoms with Crippen LogP contribution in [0.1, 0.15) is 22.2 Å². The number of aryl methyl sites for hydroxylation is 1. The van der Waals surface area contributed by atoms with Crippen molar-refractivity contribution in [3.8, 4) is 0 Å². The molecule has 0 aliphatic rings. The molecule has 0 amide bonds. The summed E-state index contributed by atoms with van der Waals surface area (Å²) in [6, 6.07) is 15.8. The van der Waals surface area contributed by atoms with E-state index in [0.29, 0.717) is 6.04 Å². The van der Waals surface area contributed by atoms with Gasteiger partial charge < -0.3 is 5.32 Å². The lowest BCUT2D eigenvalue weighted by Crippen LogP contribution is -2.29. The Morgan fingerprint density at radius 2 is 1.72 bits per heavy atom. The molecule has 1 atom stereocenters. The first-order valence-corrected chi connectivity index (χ1v) is 7.42. The quantitative estimate of drug-likeness (QED) is 0.834. The van der Waals surface area contributed by atoms with E-state index in [1.165, 1.54) is 15.3 Å². The maximum atomic E-state index is 3.43. The molecule has 0 bridgehead atoms. The summed E-state index contributed by atoms with van der Waals surface area (Å²) < 4.78 is 0. The highest BCUT2D eigenvalue weighted by atomic mass is 32.1. The average molecular weight is 259 g/mol. The van der Waals surface area contributed by atoms with Crippen LogP contribution in [0.15, 0.2) is 42.5 Å². The van der Waals surface area contributed by atoms with Crippen LogP contribution < -0.4 is 5.32 Å². The lowest BCUT2D eigenvalue weighted by molar-refractivity contribution is 0.560. The van der Waals surface area contributed by atoms with Gasteiger partial charge in [-0.1, -0.05) is 37.3 Å². The van der Waals surface area contributed by atoms with Crippen molar-refractivity contribution in [2.45, 2.75) is 32.2 Å². The summed E-state index contributed by atoms with van der Waals surface area (Å²) in [4.78, 5) is 2.97. The monoisotopic (exact) mass is 259 g/mol. The van der Waals surface area contributed by atoms with E-state index in [4.69, 9.17) is 0 Å². The molecule has 0 fully saturated rings. The molecule has 0 aliphatic carbocycles. The highest BCUT2D eigenvalue weighted by Gasteiger charge is 2.09. The second kappa shape index (κ2) is 6.72. The summed E-state index contributed by atoms with van der Waals surface area (Å²) in [5, 5.41) is 3.43. The zero-order valence-corrected chi connectivity index (χ0v) is 12.0. The van der Waals surface area contributed by atoms with Gasteiger partial charge >= 0.3 is 0 Å². The molecule has 0 saturated heterocycles. The molecule has 96 valence electrons. The van der Waals surface area contributed by atoms with Gasteiger partial charge in [0.1, 0.15) is 0 Å². The highest BCUT2D eigenvalue weighted by Crippen LogP contribution is 2.19. The molecule has 1 heterocycles. The van der Waals surface area contributed by atoms with Crippen LogP contribution in [0.2, 0.25) is 0 Å². The van der Waals surface area contributed by atoms with Crippen LogP contribution in [-0.2, 0) is 19.3 Å². The average Bonchev–Trinajstić information content (AvgIpc) is 2.87. The summed E-state index contributed by atoms with van der Waals surface area (Å²) in [5.74, 6) is 0. The van der Waals surface area contributed by atoms with Crippen molar-refractivity contribution >= 4 is 11.3 Å². The number of rotatable bonds is 6. The van der Waals surface area contributed by atoms with Gasteiger partial charge in [-0.25, -0.2) is 0 Å². The Bertz CT molecular complexity index is 461. The number of benzene rings is 1. The third-order valence-electron chi connectivity index (χ3n) is 3.25. The molecular formula is C16H21NS. The van der Waals surface area contributed by atoms with Gasteiger partial charge in [0.05, 0.1) is 0 Å². The van der Waals surface area contributed by atoms with E-state index < -0.39 is 0 Å². The molecule has 2 heteroatoms. The molecule has 2 rings (SSSR count). The number of nitrogens with one attached hydrogen (secondary N) is 1. The summed E-state index contributed by atoms with van der Waals surface area (Å²) >= 11 is 1.95. The van der Waals surface area contributed by atoms with Crippen LogP contribution in [0.3, 0.4) is 0 Å². The predicted molar refractivity (Wildman–Crippen MR) is 80.4 cm³/mol. The minimum Gasteiger partial charge on any atom is -0.316 e. The van der Waals surface area contributed by atoms with Gasteiger partial charge in [-0.2, -0.15) is 0 Å². The van der Waals surface area contributed by atoms with Gasteiger partial charge in [0.15, 0.2) is 0 Å². The van der Waals surface area contributed by atoms with Crippen LogP contribution >= 0.6 is 11.3 Å². The molecule has 0 spiro atoms. The fourth-order valence-corrected chi connectivity index (χ4v) is 3.18. The van der Waals surface area contributed by atoms with Crippen LogP contribution in [0.25, 0.3) is 0 Å². The maximum Gasteiger partial charge on any atom is 0.0153 e. The smallest absolute Gasteiger partial charge is 0.0153 e. The van der Waals surface area contributed by atoms with Crippen LogP contribution in [0, 0.1) is 0 Å². The van der Waals surface area contributed by atoms with Gasteiger partial charge in [-0.05, 0) is 44.0 Å². The Labute approximate surface area is 114 Å². The van der Waals surface area contributed by atoms with Crippen LogP contribution in [-0.4, -0.2) is 13.1 Å². The lowest BCUT2D eigenvalue weighted by atomic mass is 10.0. The highest BCUT2D eigenvalue weighted by molar-refractivity contribution is 7.11. The summed E-state index contributed by atoms with van der Waals surface area (Å²) in [7, 11) is 2.06. The molecule has 0 aliphatic heterocycles. The normalized spacial score (nSPS) is 12.6. The molecule has 0 radical (unpaired) electrons. The number of hydrogen-bond acceptors (Lipinski definition) is 2. The minimum atomic E-state index is 0.524. The van der Waals surface area contributed by atoms with Crippen molar-refractivity contribution in [2.24, 2.45) is 0 Å². The van der Waals surface area contributed by atoms with E-state index in [1.54, 1.807) is 0 Å². The van der Waals surface area contributed by atoms with E-state index in [-0.39, 0.29) is 0 Å². The molecule has 0 saturated carbocycles. The van der Waals surface area contributed by atoms with Gasteiger partial charge in [0, 0.05) is 15.8 Å². The zero-order valence-electron chi connectivity index (χ0n) is 11.1. The molecule has 1 aromatic heterocycles. The Morgan fingerprint density at radius 1 is 1.00 bits per heavy atom. The molecule has 1 N–H and O–H groups in total. The van der Waals surface area contributed by atoms with Crippen molar-refractivity contribution in [1.29, 1.82) is 0 Å². The fraction of sp³-hybridized carbons (Fsp3) is 0.375. The van der Waals surface area contributed by atoms with E-state index in [9.17, 15) is 0 Å². The van der Waals surface area contributed by atoms with E-state index in [1.807, 2.05) is 11.3 Å². The Kier molecular flexibility index (Phi) is 4.97. The third kappa shape index (κ3) is 3.69. The summed E-state index contributed by atoms with van der Waals surface area (Å²) in [5.41, 5.74) is 1.41. The molecular weight excluding hydrogens is 238 g/mol. The number of likely N-dealkylation sites (N-methyl/N-ethyl adjacent to an activating group) is 1. The van der Waals surface area contributed by atoms with Crippen molar-refractivity contribution < 1.29 is 0 Å². The first-order valence-electron chi connectivity index (χ1n) is 6.60. The zero-order chi connectivity index (χ0) is 12.8. The van der Waals surface area contributed by atoms with E-state index in [2.05, 4.69) is 61.8 Å². The Balaban J connectivity index is 1.97. The SMILES string of the molecule is CCc1ccc(CC(Cc2ccccc2)NC)s1. The first kappa shape index (κ1) is 13.3. The topological polar surface area (TPSA) is 12.0 Å². The Morgan fingerprint density at radius 3 is 2.33 bits per heavy atom.